The second-order valence-electron chi connectivity index (χ2n) is 3.58. The summed E-state index contributed by atoms with van der Waals surface area (Å²) in [6.07, 6.45) is -4.39. The number of nitrogens with zero attached hydrogens (tertiary/aromatic N) is 2. The van der Waals surface area contributed by atoms with Crippen molar-refractivity contribution in [2.75, 3.05) is 0 Å². The first-order valence-corrected chi connectivity index (χ1v) is 4.93. The van der Waals surface area contributed by atoms with E-state index in [1.807, 2.05) is 0 Å². The van der Waals surface area contributed by atoms with Gasteiger partial charge in [-0.1, -0.05) is 0 Å². The largest absolute Gasteiger partial charge is 0.545 e. The van der Waals surface area contributed by atoms with E-state index in [1.165, 1.54) is 0 Å². The van der Waals surface area contributed by atoms with Gasteiger partial charge < -0.3 is 9.90 Å². The maximum atomic E-state index is 12.8. The molecule has 0 aliphatic heterocycles. The van der Waals surface area contributed by atoms with Crippen LogP contribution in [0.1, 0.15) is 16.1 Å². The molecule has 1 aromatic heterocycles. The maximum absolute atomic E-state index is 12.8. The number of benzene rings is 1. The molecule has 0 aliphatic carbocycles. The van der Waals surface area contributed by atoms with E-state index in [4.69, 9.17) is 0 Å². The van der Waals surface area contributed by atoms with Crippen molar-refractivity contribution in [2.24, 2.45) is 0 Å². The van der Waals surface area contributed by atoms with Gasteiger partial charge in [-0.2, -0.15) is 18.3 Å². The number of rotatable bonds is 2. The van der Waals surface area contributed by atoms with Crippen LogP contribution >= 0.6 is 0 Å². The Morgan fingerprint density at radius 2 is 1.79 bits per heavy atom. The smallest absolute Gasteiger partial charge is 0.434 e. The van der Waals surface area contributed by atoms with Crippen LogP contribution in [0.3, 0.4) is 0 Å². The molecular formula is C11H5F4N2O2-. The van der Waals surface area contributed by atoms with E-state index in [0.29, 0.717) is 10.9 Å². The summed E-state index contributed by atoms with van der Waals surface area (Å²) in [4.78, 5) is 10.6. The number of aromatic nitrogens is 2. The molecule has 0 aliphatic rings. The van der Waals surface area contributed by atoms with Crippen LogP contribution in [-0.4, -0.2) is 15.7 Å². The highest BCUT2D eigenvalue weighted by Gasteiger charge is 2.38. The lowest BCUT2D eigenvalue weighted by Crippen LogP contribution is -2.26. The monoisotopic (exact) mass is 273 g/mol. The van der Waals surface area contributed by atoms with Crippen LogP contribution in [-0.2, 0) is 6.18 Å². The van der Waals surface area contributed by atoms with Gasteiger partial charge in [0.15, 0.2) is 5.69 Å². The van der Waals surface area contributed by atoms with Crippen LogP contribution in [0.15, 0.2) is 30.5 Å². The molecule has 0 spiro atoms. The summed E-state index contributed by atoms with van der Waals surface area (Å²) in [6.45, 7) is 0. The third kappa shape index (κ3) is 2.42. The highest BCUT2D eigenvalue weighted by atomic mass is 19.4. The predicted octanol–water partition coefficient (Wildman–Crippen LogP) is 1.39. The highest BCUT2D eigenvalue weighted by Crippen LogP contribution is 2.33. The van der Waals surface area contributed by atoms with Crippen molar-refractivity contribution >= 4 is 5.97 Å². The van der Waals surface area contributed by atoms with E-state index < -0.39 is 29.2 Å². The fourth-order valence-electron chi connectivity index (χ4n) is 1.55. The first-order valence-electron chi connectivity index (χ1n) is 4.93. The van der Waals surface area contributed by atoms with Crippen molar-refractivity contribution in [3.8, 4) is 5.69 Å². The van der Waals surface area contributed by atoms with Gasteiger partial charge in [-0.15, -0.1) is 0 Å². The first kappa shape index (κ1) is 13.1. The van der Waals surface area contributed by atoms with Crippen molar-refractivity contribution in [3.05, 3.63) is 47.5 Å². The molecule has 0 unspecified atom stereocenters. The molecule has 0 radical (unpaired) electrons. The summed E-state index contributed by atoms with van der Waals surface area (Å²) in [6, 6.07) is 3.99. The molecule has 8 heteroatoms. The lowest BCUT2D eigenvalue weighted by molar-refractivity contribution is -0.255. The molecule has 0 amide bonds. The minimum Gasteiger partial charge on any atom is -0.545 e. The van der Waals surface area contributed by atoms with Crippen molar-refractivity contribution in [1.82, 2.24) is 9.78 Å². The molecule has 0 N–H and O–H groups in total. The zero-order valence-electron chi connectivity index (χ0n) is 9.11. The third-order valence-electron chi connectivity index (χ3n) is 2.33. The van der Waals surface area contributed by atoms with E-state index in [1.54, 1.807) is 0 Å². The summed E-state index contributed by atoms with van der Waals surface area (Å²) in [5, 5.41) is 14.0. The molecule has 0 fully saturated rings. The molecule has 0 atom stereocenters. The Labute approximate surface area is 103 Å². The normalized spacial score (nSPS) is 11.6. The van der Waals surface area contributed by atoms with Crippen molar-refractivity contribution in [2.45, 2.75) is 6.18 Å². The van der Waals surface area contributed by atoms with E-state index in [9.17, 15) is 27.5 Å². The van der Waals surface area contributed by atoms with Crippen LogP contribution in [0.5, 0.6) is 0 Å². The van der Waals surface area contributed by atoms with E-state index in [-0.39, 0.29) is 5.69 Å². The number of carboxylic acids is 1. The molecule has 100 valence electrons. The minimum atomic E-state index is -4.93. The number of halogens is 4. The van der Waals surface area contributed by atoms with Crippen molar-refractivity contribution in [3.63, 3.8) is 0 Å². The molecule has 1 heterocycles. The van der Waals surface area contributed by atoms with Crippen LogP contribution in [0, 0.1) is 5.82 Å². The second kappa shape index (κ2) is 4.38. The van der Waals surface area contributed by atoms with E-state index in [2.05, 4.69) is 5.10 Å². The Morgan fingerprint density at radius 1 is 1.21 bits per heavy atom. The Balaban J connectivity index is 2.64. The first-order chi connectivity index (χ1) is 8.80. The maximum Gasteiger partial charge on any atom is 0.434 e. The van der Waals surface area contributed by atoms with Gasteiger partial charge in [0.05, 0.1) is 17.9 Å². The number of carbonyl (C=O) groups is 1. The summed E-state index contributed by atoms with van der Waals surface area (Å²) < 4.78 is 51.6. The number of hydrogen-bond donors (Lipinski definition) is 0. The Hall–Kier alpha value is -2.38. The van der Waals surface area contributed by atoms with Gasteiger partial charge in [-0.25, -0.2) is 9.07 Å². The standard InChI is InChI=1S/C11H6F4N2O2/c12-6-1-3-7(4-2-6)17-9(11(13,14)15)8(5-16-17)10(18)19/h1-5H,(H,18,19)/p-1. The Morgan fingerprint density at radius 3 is 2.26 bits per heavy atom. The predicted molar refractivity (Wildman–Crippen MR) is 52.9 cm³/mol. The molecule has 2 rings (SSSR count). The topological polar surface area (TPSA) is 57.9 Å². The number of alkyl halides is 3. The van der Waals surface area contributed by atoms with Gasteiger partial charge in [0.25, 0.3) is 0 Å². The second-order valence-corrected chi connectivity index (χ2v) is 3.58. The number of hydrogen-bond acceptors (Lipinski definition) is 3. The molecule has 0 saturated heterocycles. The number of carboxylic acid groups (broad SMARTS) is 1. The summed E-state index contributed by atoms with van der Waals surface area (Å²) in [5.74, 6) is -2.62. The molecular weight excluding hydrogens is 268 g/mol. The highest BCUT2D eigenvalue weighted by molar-refractivity contribution is 5.87. The van der Waals surface area contributed by atoms with Gasteiger partial charge in [0.2, 0.25) is 0 Å². The van der Waals surface area contributed by atoms with Gasteiger partial charge >= 0.3 is 6.18 Å². The molecule has 0 saturated carbocycles. The third-order valence-corrected chi connectivity index (χ3v) is 2.33. The van der Waals surface area contributed by atoms with Gasteiger partial charge in [0, 0.05) is 5.56 Å². The van der Waals surface area contributed by atoms with Crippen molar-refractivity contribution < 1.29 is 27.5 Å². The molecule has 4 nitrogen and oxygen atoms in total. The average Bonchev–Trinajstić information content (AvgIpc) is 2.74. The lowest BCUT2D eigenvalue weighted by Gasteiger charge is -2.13. The summed E-state index contributed by atoms with van der Waals surface area (Å²) in [5.41, 5.74) is -2.66. The van der Waals surface area contributed by atoms with E-state index in [0.717, 1.165) is 24.3 Å². The number of aromatic carboxylic acids is 1. The van der Waals surface area contributed by atoms with Crippen LogP contribution in [0.2, 0.25) is 0 Å². The Bertz CT molecular complexity index is 617. The van der Waals surface area contributed by atoms with Gasteiger partial charge in [-0.05, 0) is 24.3 Å². The van der Waals surface area contributed by atoms with Crippen LogP contribution in [0.4, 0.5) is 17.6 Å². The van der Waals surface area contributed by atoms with Gasteiger partial charge in [-0.3, -0.25) is 0 Å². The fraction of sp³-hybridized carbons (Fsp3) is 0.0909. The zero-order chi connectivity index (χ0) is 14.2. The van der Waals surface area contributed by atoms with Crippen LogP contribution < -0.4 is 5.11 Å². The minimum absolute atomic E-state index is 0.110. The molecule has 2 aromatic rings. The number of carbonyl (C=O) groups excluding carboxylic acids is 1. The van der Waals surface area contributed by atoms with E-state index >= 15 is 0 Å². The molecule has 19 heavy (non-hydrogen) atoms. The molecule has 0 bridgehead atoms. The SMILES string of the molecule is O=C([O-])c1cnn(-c2ccc(F)cc2)c1C(F)(F)F. The molecule has 1 aromatic carbocycles. The quantitative estimate of drug-likeness (QED) is 0.777. The lowest BCUT2D eigenvalue weighted by atomic mass is 10.2. The summed E-state index contributed by atoms with van der Waals surface area (Å²) >= 11 is 0. The van der Waals surface area contributed by atoms with Crippen LogP contribution in [0.25, 0.3) is 5.69 Å². The fourth-order valence-corrected chi connectivity index (χ4v) is 1.55. The zero-order valence-corrected chi connectivity index (χ0v) is 9.11. The summed E-state index contributed by atoms with van der Waals surface area (Å²) in [7, 11) is 0. The average molecular weight is 273 g/mol. The van der Waals surface area contributed by atoms with Crippen molar-refractivity contribution in [1.29, 1.82) is 0 Å². The van der Waals surface area contributed by atoms with Gasteiger partial charge in [0.1, 0.15) is 5.82 Å². The Kier molecular flexibility index (Phi) is 3.01.